The molecule has 122 valence electrons. The highest BCUT2D eigenvalue weighted by molar-refractivity contribution is 7.90. The fourth-order valence-electron chi connectivity index (χ4n) is 2.85. The second kappa shape index (κ2) is 5.22. The minimum atomic E-state index is -3.81. The first-order valence-electron chi connectivity index (χ1n) is 7.07. The number of sulfonamides is 1. The summed E-state index contributed by atoms with van der Waals surface area (Å²) in [6.45, 7) is 10.2. The number of hydrogen-bond donors (Lipinski definition) is 2. The van der Waals surface area contributed by atoms with Crippen molar-refractivity contribution in [2.75, 3.05) is 5.32 Å². The van der Waals surface area contributed by atoms with Gasteiger partial charge in [-0.25, -0.2) is 22.5 Å². The Morgan fingerprint density at radius 3 is 2.41 bits per heavy atom. The molecule has 0 radical (unpaired) electrons. The second-order valence-corrected chi connectivity index (χ2v) is 9.03. The quantitative estimate of drug-likeness (QED) is 0.877. The minimum Gasteiger partial charge on any atom is -0.324 e. The highest BCUT2D eigenvalue weighted by atomic mass is 32.2. The Hall–Kier alpha value is -1.63. The van der Waals surface area contributed by atoms with Gasteiger partial charge in [0.05, 0.1) is 11.2 Å². The van der Waals surface area contributed by atoms with Crippen molar-refractivity contribution in [2.24, 2.45) is 10.4 Å². The third-order valence-corrected chi connectivity index (χ3v) is 4.47. The van der Waals surface area contributed by atoms with Crippen molar-refractivity contribution >= 4 is 21.7 Å². The fourth-order valence-corrected chi connectivity index (χ4v) is 3.99. The van der Waals surface area contributed by atoms with Crippen LogP contribution in [0.4, 0.5) is 10.1 Å². The molecule has 2 rings (SSSR count). The number of nitrogens with one attached hydrogen (secondary N) is 2. The molecule has 0 fully saturated rings. The van der Waals surface area contributed by atoms with Crippen molar-refractivity contribution in [3.05, 3.63) is 24.0 Å². The smallest absolute Gasteiger partial charge is 0.266 e. The Kier molecular flexibility index (Phi) is 3.97. The topological polar surface area (TPSA) is 70.6 Å². The molecule has 0 amide bonds. The van der Waals surface area contributed by atoms with Crippen molar-refractivity contribution < 1.29 is 12.8 Å². The lowest BCUT2D eigenvalue weighted by molar-refractivity contribution is 0.288. The highest BCUT2D eigenvalue weighted by Crippen LogP contribution is 2.31. The summed E-state index contributed by atoms with van der Waals surface area (Å²) < 4.78 is 40.0. The van der Waals surface area contributed by atoms with Crippen LogP contribution in [0.2, 0.25) is 0 Å². The summed E-state index contributed by atoms with van der Waals surface area (Å²) in [6, 6.07) is 3.60. The zero-order chi connectivity index (χ0) is 16.8. The number of halogens is 1. The van der Waals surface area contributed by atoms with Gasteiger partial charge in [0.25, 0.3) is 10.0 Å². The van der Waals surface area contributed by atoms with E-state index in [1.54, 1.807) is 0 Å². The van der Waals surface area contributed by atoms with Crippen LogP contribution in [0.5, 0.6) is 0 Å². The third-order valence-electron chi connectivity index (χ3n) is 3.09. The average Bonchev–Trinajstić information content (AvgIpc) is 2.25. The van der Waals surface area contributed by atoms with Crippen LogP contribution in [0, 0.1) is 11.2 Å². The van der Waals surface area contributed by atoms with Gasteiger partial charge in [-0.2, -0.15) is 0 Å². The second-order valence-electron chi connectivity index (χ2n) is 7.38. The molecule has 0 saturated carbocycles. The van der Waals surface area contributed by atoms with Crippen LogP contribution in [-0.2, 0) is 10.0 Å². The summed E-state index contributed by atoms with van der Waals surface area (Å²) in [4.78, 5) is 4.38. The predicted octanol–water partition coefficient (Wildman–Crippen LogP) is 3.10. The molecule has 0 unspecified atom stereocenters. The summed E-state index contributed by atoms with van der Waals surface area (Å²) >= 11 is 0. The van der Waals surface area contributed by atoms with Gasteiger partial charge in [-0.1, -0.05) is 20.8 Å². The molecule has 1 aromatic carbocycles. The third kappa shape index (κ3) is 3.97. The zero-order valence-corrected chi connectivity index (χ0v) is 14.3. The number of nitrogens with zero attached hydrogens (tertiary/aromatic N) is 1. The van der Waals surface area contributed by atoms with E-state index < -0.39 is 21.4 Å². The first-order valence-corrected chi connectivity index (χ1v) is 8.56. The van der Waals surface area contributed by atoms with Gasteiger partial charge in [0.2, 0.25) is 5.96 Å². The van der Waals surface area contributed by atoms with E-state index in [1.807, 2.05) is 13.8 Å². The first kappa shape index (κ1) is 16.7. The Labute approximate surface area is 131 Å². The van der Waals surface area contributed by atoms with Crippen molar-refractivity contribution in [2.45, 2.75) is 51.5 Å². The maximum Gasteiger partial charge on any atom is 0.266 e. The predicted molar refractivity (Wildman–Crippen MR) is 85.9 cm³/mol. The molecule has 0 aromatic heterocycles. The van der Waals surface area contributed by atoms with Crippen LogP contribution in [0.3, 0.4) is 0 Å². The molecule has 1 heterocycles. The number of fused-ring (bicyclic) bond motifs is 1. The van der Waals surface area contributed by atoms with Crippen LogP contribution >= 0.6 is 0 Å². The summed E-state index contributed by atoms with van der Waals surface area (Å²) in [5.41, 5.74) is -0.0616. The molecule has 0 saturated heterocycles. The van der Waals surface area contributed by atoms with Crippen LogP contribution in [0.15, 0.2) is 28.1 Å². The molecule has 1 aliphatic heterocycles. The lowest BCUT2D eigenvalue weighted by Crippen LogP contribution is -2.43. The maximum atomic E-state index is 13.2. The molecule has 1 aromatic rings. The van der Waals surface area contributed by atoms with Crippen LogP contribution in [-0.4, -0.2) is 19.9 Å². The SMILES string of the molecule is CC(C)(C)CC(C)(C)N=C1Nc2ccc(F)cc2S(=O)(=O)N1. The molecule has 0 atom stereocenters. The lowest BCUT2D eigenvalue weighted by Gasteiger charge is -2.31. The van der Waals surface area contributed by atoms with Gasteiger partial charge in [-0.05, 0) is 43.9 Å². The highest BCUT2D eigenvalue weighted by Gasteiger charge is 2.30. The van der Waals surface area contributed by atoms with Gasteiger partial charge >= 0.3 is 0 Å². The molecule has 22 heavy (non-hydrogen) atoms. The number of anilines is 1. The van der Waals surface area contributed by atoms with Gasteiger partial charge in [-0.15, -0.1) is 0 Å². The summed E-state index contributed by atoms with van der Waals surface area (Å²) in [5, 5.41) is 2.91. The van der Waals surface area contributed by atoms with E-state index in [1.165, 1.54) is 12.1 Å². The largest absolute Gasteiger partial charge is 0.324 e. The Bertz CT molecular complexity index is 719. The number of rotatable bonds is 2. The van der Waals surface area contributed by atoms with E-state index in [2.05, 4.69) is 35.8 Å². The van der Waals surface area contributed by atoms with E-state index in [0.717, 1.165) is 12.5 Å². The number of aliphatic imine (C=N–C) groups is 1. The average molecular weight is 327 g/mol. The summed E-state index contributed by atoms with van der Waals surface area (Å²) in [7, 11) is -3.81. The van der Waals surface area contributed by atoms with Crippen LogP contribution < -0.4 is 10.0 Å². The summed E-state index contributed by atoms with van der Waals surface area (Å²) in [6.07, 6.45) is 0.781. The van der Waals surface area contributed by atoms with E-state index >= 15 is 0 Å². The molecule has 0 bridgehead atoms. The molecule has 0 aliphatic carbocycles. The molecular weight excluding hydrogens is 305 g/mol. The van der Waals surface area contributed by atoms with Crippen molar-refractivity contribution in [3.63, 3.8) is 0 Å². The normalized spacial score (nSPS) is 19.3. The Morgan fingerprint density at radius 1 is 1.18 bits per heavy atom. The molecular formula is C15H22FN3O2S. The van der Waals surface area contributed by atoms with Crippen molar-refractivity contribution in [1.82, 2.24) is 4.72 Å². The van der Waals surface area contributed by atoms with E-state index in [9.17, 15) is 12.8 Å². The van der Waals surface area contributed by atoms with Gasteiger partial charge in [0.15, 0.2) is 0 Å². The Balaban J connectivity index is 2.37. The van der Waals surface area contributed by atoms with E-state index in [4.69, 9.17) is 0 Å². The molecule has 7 heteroatoms. The zero-order valence-electron chi connectivity index (χ0n) is 13.5. The minimum absolute atomic E-state index is 0.0577. The van der Waals surface area contributed by atoms with Crippen molar-refractivity contribution in [1.29, 1.82) is 0 Å². The van der Waals surface area contributed by atoms with Gasteiger partial charge in [-0.3, -0.25) is 0 Å². The fraction of sp³-hybridized carbons (Fsp3) is 0.533. The first-order chi connectivity index (χ1) is 9.88. The summed E-state index contributed by atoms with van der Waals surface area (Å²) in [5.74, 6) is -0.437. The monoisotopic (exact) mass is 327 g/mol. The maximum absolute atomic E-state index is 13.2. The molecule has 0 spiro atoms. The molecule has 1 aliphatic rings. The van der Waals surface area contributed by atoms with Crippen molar-refractivity contribution in [3.8, 4) is 0 Å². The number of guanidine groups is 1. The number of benzene rings is 1. The van der Waals surface area contributed by atoms with E-state index in [-0.39, 0.29) is 16.3 Å². The lowest BCUT2D eigenvalue weighted by atomic mass is 9.82. The standard InChI is InChI=1S/C15H22FN3O2S/c1-14(2,3)9-15(4,5)18-13-17-11-7-6-10(16)8-12(11)22(20,21)19-13/h6-8H,9H2,1-5H3,(H2,17,18,19). The van der Waals surface area contributed by atoms with Gasteiger partial charge in [0.1, 0.15) is 10.7 Å². The van der Waals surface area contributed by atoms with Gasteiger partial charge < -0.3 is 5.32 Å². The molecule has 2 N–H and O–H groups in total. The molecule has 5 nitrogen and oxygen atoms in total. The van der Waals surface area contributed by atoms with Crippen LogP contribution in [0.1, 0.15) is 41.0 Å². The van der Waals surface area contributed by atoms with Crippen LogP contribution in [0.25, 0.3) is 0 Å². The number of hydrogen-bond acceptors (Lipinski definition) is 3. The Morgan fingerprint density at radius 2 is 1.82 bits per heavy atom. The van der Waals surface area contributed by atoms with Gasteiger partial charge in [0, 0.05) is 0 Å². The van der Waals surface area contributed by atoms with E-state index in [0.29, 0.717) is 5.69 Å².